The minimum Gasteiger partial charge on any atom is -0.352 e. The maximum absolute atomic E-state index is 5.75. The van der Waals surface area contributed by atoms with Gasteiger partial charge >= 0.3 is 0 Å². The molecule has 0 radical (unpaired) electrons. The van der Waals surface area contributed by atoms with Gasteiger partial charge in [-0.1, -0.05) is 25.5 Å². The van der Waals surface area contributed by atoms with E-state index in [1.54, 1.807) is 0 Å². The van der Waals surface area contributed by atoms with Crippen molar-refractivity contribution < 1.29 is 0 Å². The van der Waals surface area contributed by atoms with Gasteiger partial charge in [-0.3, -0.25) is 4.98 Å². The van der Waals surface area contributed by atoms with Crippen LogP contribution in [-0.2, 0) is 0 Å². The number of aryl methyl sites for hydroxylation is 1. The lowest BCUT2D eigenvalue weighted by Crippen LogP contribution is -2.30. The largest absolute Gasteiger partial charge is 0.352 e. The molecule has 1 aliphatic rings. The van der Waals surface area contributed by atoms with Gasteiger partial charge in [-0.2, -0.15) is 0 Å². The van der Waals surface area contributed by atoms with Crippen LogP contribution in [0, 0.1) is 13.8 Å². The number of unbranched alkanes of at least 4 members (excludes halogenated alkanes) is 1. The summed E-state index contributed by atoms with van der Waals surface area (Å²) in [6.07, 6.45) is 5.92. The van der Waals surface area contributed by atoms with Crippen molar-refractivity contribution >= 4 is 17.3 Å². The SMILES string of the molecule is CCCCN1C(=S)N[C@H](c2ccccn2)[C@@H]1c1cc(C)n(-c2ccccn2)c1C. The molecule has 1 N–H and O–H groups in total. The normalized spacial score (nSPS) is 18.9. The molecule has 1 saturated heterocycles. The topological polar surface area (TPSA) is 46.0 Å². The van der Waals surface area contributed by atoms with Crippen LogP contribution in [0.1, 0.15) is 54.5 Å². The minimum absolute atomic E-state index is 0.0261. The van der Waals surface area contributed by atoms with Crippen LogP contribution >= 0.6 is 12.2 Å². The third kappa shape index (κ3) is 3.65. The average Bonchev–Trinajstić information content (AvgIpc) is 3.23. The number of aromatic nitrogens is 3. The van der Waals surface area contributed by atoms with Crippen molar-refractivity contribution in [3.63, 3.8) is 0 Å². The summed E-state index contributed by atoms with van der Waals surface area (Å²) < 4.78 is 2.23. The molecule has 0 saturated carbocycles. The van der Waals surface area contributed by atoms with E-state index in [1.165, 1.54) is 17.0 Å². The maximum Gasteiger partial charge on any atom is 0.170 e. The highest BCUT2D eigenvalue weighted by Gasteiger charge is 2.41. The highest BCUT2D eigenvalue weighted by Crippen LogP contribution is 2.41. The van der Waals surface area contributed by atoms with Gasteiger partial charge in [0.2, 0.25) is 0 Å². The van der Waals surface area contributed by atoms with Crippen LogP contribution in [-0.4, -0.2) is 31.1 Å². The molecule has 1 aliphatic heterocycles. The number of pyridine rings is 2. The van der Waals surface area contributed by atoms with Gasteiger partial charge in [0, 0.05) is 30.3 Å². The summed E-state index contributed by atoms with van der Waals surface area (Å²) in [5, 5.41) is 4.35. The van der Waals surface area contributed by atoms with Gasteiger partial charge in [0.05, 0.1) is 17.8 Å². The molecule has 0 aliphatic carbocycles. The molecule has 3 aromatic rings. The predicted octanol–water partition coefficient (Wildman–Crippen LogP) is 4.66. The summed E-state index contributed by atoms with van der Waals surface area (Å²) in [6, 6.07) is 14.5. The molecule has 0 aromatic carbocycles. The molecule has 3 aromatic heterocycles. The molecule has 5 nitrogen and oxygen atoms in total. The molecule has 150 valence electrons. The van der Waals surface area contributed by atoms with E-state index in [0.717, 1.165) is 36.0 Å². The Labute approximate surface area is 177 Å². The smallest absolute Gasteiger partial charge is 0.170 e. The van der Waals surface area contributed by atoms with E-state index in [2.05, 4.69) is 57.7 Å². The monoisotopic (exact) mass is 405 g/mol. The quantitative estimate of drug-likeness (QED) is 0.605. The summed E-state index contributed by atoms with van der Waals surface area (Å²) in [4.78, 5) is 11.5. The van der Waals surface area contributed by atoms with E-state index in [9.17, 15) is 0 Å². The van der Waals surface area contributed by atoms with Crippen LogP contribution < -0.4 is 5.32 Å². The van der Waals surface area contributed by atoms with Crippen molar-refractivity contribution in [2.24, 2.45) is 0 Å². The summed E-state index contributed by atoms with van der Waals surface area (Å²) in [6.45, 7) is 7.46. The predicted molar refractivity (Wildman–Crippen MR) is 120 cm³/mol. The Hall–Kier alpha value is -2.73. The minimum atomic E-state index is 0.0261. The summed E-state index contributed by atoms with van der Waals surface area (Å²) in [5.74, 6) is 0.941. The van der Waals surface area contributed by atoms with Crippen molar-refractivity contribution in [1.82, 2.24) is 24.8 Å². The van der Waals surface area contributed by atoms with Gasteiger partial charge in [-0.15, -0.1) is 0 Å². The van der Waals surface area contributed by atoms with Crippen molar-refractivity contribution in [3.8, 4) is 5.82 Å². The highest BCUT2D eigenvalue weighted by atomic mass is 32.1. The Bertz CT molecular complexity index is 983. The molecule has 4 rings (SSSR count). The zero-order chi connectivity index (χ0) is 20.4. The first kappa shape index (κ1) is 19.6. The fourth-order valence-electron chi connectivity index (χ4n) is 4.24. The fraction of sp³-hybridized carbons (Fsp3) is 0.348. The standard InChI is InChI=1S/C23H27N5S/c1-4-5-14-27-22(21(26-23(27)29)19-10-6-8-12-24-19)18-15-16(2)28(17(18)3)20-11-7-9-13-25-20/h6-13,15,21-22H,4-5,14H2,1-3H3,(H,26,29)/t21-,22+/m1/s1. The number of nitrogens with one attached hydrogen (secondary N) is 1. The number of thiocarbonyl (C=S) groups is 1. The number of hydrogen-bond acceptors (Lipinski definition) is 3. The van der Waals surface area contributed by atoms with E-state index >= 15 is 0 Å². The van der Waals surface area contributed by atoms with Crippen LogP contribution in [0.5, 0.6) is 0 Å². The lowest BCUT2D eigenvalue weighted by molar-refractivity contribution is 0.312. The highest BCUT2D eigenvalue weighted by molar-refractivity contribution is 7.80. The first-order chi connectivity index (χ1) is 14.1. The molecule has 29 heavy (non-hydrogen) atoms. The van der Waals surface area contributed by atoms with Crippen LogP contribution in [0.25, 0.3) is 5.82 Å². The maximum atomic E-state index is 5.75. The van der Waals surface area contributed by atoms with Gasteiger partial charge in [-0.25, -0.2) is 4.98 Å². The lowest BCUT2D eigenvalue weighted by atomic mass is 9.96. The second kappa shape index (κ2) is 8.33. The fourth-order valence-corrected chi connectivity index (χ4v) is 4.57. The van der Waals surface area contributed by atoms with Gasteiger partial charge in [-0.05, 0) is 68.4 Å². The van der Waals surface area contributed by atoms with Gasteiger partial charge < -0.3 is 14.8 Å². The first-order valence-electron chi connectivity index (χ1n) is 10.2. The van der Waals surface area contributed by atoms with Crippen LogP contribution in [0.15, 0.2) is 54.9 Å². The van der Waals surface area contributed by atoms with Gasteiger partial charge in [0.25, 0.3) is 0 Å². The van der Waals surface area contributed by atoms with Crippen LogP contribution in [0.3, 0.4) is 0 Å². The molecule has 0 unspecified atom stereocenters. The molecule has 6 heteroatoms. The molecular weight excluding hydrogens is 378 g/mol. The second-order valence-corrected chi connectivity index (χ2v) is 7.91. The Kier molecular flexibility index (Phi) is 5.62. The molecule has 0 bridgehead atoms. The van der Waals surface area contributed by atoms with E-state index in [4.69, 9.17) is 12.2 Å². The molecule has 4 heterocycles. The van der Waals surface area contributed by atoms with Crippen molar-refractivity contribution in [1.29, 1.82) is 0 Å². The second-order valence-electron chi connectivity index (χ2n) is 7.52. The molecular formula is C23H27N5S. The van der Waals surface area contributed by atoms with E-state index in [1.807, 2.05) is 42.7 Å². The van der Waals surface area contributed by atoms with Crippen molar-refractivity contribution in [2.45, 2.75) is 45.7 Å². The average molecular weight is 406 g/mol. The Balaban J connectivity index is 1.81. The summed E-state index contributed by atoms with van der Waals surface area (Å²) in [7, 11) is 0. The van der Waals surface area contributed by atoms with E-state index < -0.39 is 0 Å². The summed E-state index contributed by atoms with van der Waals surface area (Å²) in [5.41, 5.74) is 4.65. The van der Waals surface area contributed by atoms with Crippen LogP contribution in [0.4, 0.5) is 0 Å². The zero-order valence-corrected chi connectivity index (χ0v) is 18.0. The Morgan fingerprint density at radius 2 is 1.83 bits per heavy atom. The first-order valence-corrected chi connectivity index (χ1v) is 10.6. The van der Waals surface area contributed by atoms with Gasteiger partial charge in [0.15, 0.2) is 5.11 Å². The summed E-state index contributed by atoms with van der Waals surface area (Å²) >= 11 is 5.75. The molecule has 1 fully saturated rings. The zero-order valence-electron chi connectivity index (χ0n) is 17.2. The molecule has 0 amide bonds. The van der Waals surface area contributed by atoms with Crippen molar-refractivity contribution in [2.75, 3.05) is 6.54 Å². The number of nitrogens with zero attached hydrogens (tertiary/aromatic N) is 4. The molecule has 0 spiro atoms. The molecule has 2 atom stereocenters. The number of hydrogen-bond donors (Lipinski definition) is 1. The third-order valence-electron chi connectivity index (χ3n) is 5.62. The van der Waals surface area contributed by atoms with Crippen molar-refractivity contribution in [3.05, 3.63) is 77.5 Å². The Morgan fingerprint density at radius 1 is 1.07 bits per heavy atom. The van der Waals surface area contributed by atoms with Gasteiger partial charge in [0.1, 0.15) is 5.82 Å². The van der Waals surface area contributed by atoms with E-state index in [-0.39, 0.29) is 12.1 Å². The van der Waals surface area contributed by atoms with Crippen LogP contribution in [0.2, 0.25) is 0 Å². The third-order valence-corrected chi connectivity index (χ3v) is 5.97. The lowest BCUT2D eigenvalue weighted by Gasteiger charge is -2.28. The Morgan fingerprint density at radius 3 is 2.48 bits per heavy atom. The number of rotatable bonds is 6. The van der Waals surface area contributed by atoms with E-state index in [0.29, 0.717) is 0 Å².